The Morgan fingerprint density at radius 2 is 1.85 bits per heavy atom. The molecule has 2 N–H and O–H groups in total. The lowest BCUT2D eigenvalue weighted by Crippen LogP contribution is -2.31. The number of nitrogens with two attached hydrogens (primary N) is 1. The highest BCUT2D eigenvalue weighted by Gasteiger charge is 2.24. The second-order valence-electron chi connectivity index (χ2n) is 6.29. The molecule has 136 valence electrons. The van der Waals surface area contributed by atoms with Crippen LogP contribution in [0, 0.1) is 0 Å². The SMILES string of the molecule is COc1cccc2c1Oc1ccccc1CN(C(=O)c1ccc(N)nc1)C2. The van der Waals surface area contributed by atoms with Gasteiger partial charge in [0, 0.05) is 17.3 Å². The molecule has 0 atom stereocenters. The largest absolute Gasteiger partial charge is 0.493 e. The molecule has 0 saturated heterocycles. The zero-order chi connectivity index (χ0) is 18.8. The number of methoxy groups -OCH3 is 1. The molecule has 1 aliphatic heterocycles. The third kappa shape index (κ3) is 3.29. The molecule has 0 fully saturated rings. The van der Waals surface area contributed by atoms with E-state index in [-0.39, 0.29) is 5.91 Å². The molecule has 6 heteroatoms. The van der Waals surface area contributed by atoms with Crippen LogP contribution in [0.1, 0.15) is 21.5 Å². The third-order valence-corrected chi connectivity index (χ3v) is 4.51. The van der Waals surface area contributed by atoms with Crippen LogP contribution in [0.2, 0.25) is 0 Å². The van der Waals surface area contributed by atoms with Crippen LogP contribution in [0.15, 0.2) is 60.8 Å². The number of carbonyl (C=O) groups is 1. The summed E-state index contributed by atoms with van der Waals surface area (Å²) in [5, 5.41) is 0. The van der Waals surface area contributed by atoms with Crippen molar-refractivity contribution < 1.29 is 14.3 Å². The van der Waals surface area contributed by atoms with Gasteiger partial charge in [-0.3, -0.25) is 4.79 Å². The van der Waals surface area contributed by atoms with Crippen molar-refractivity contribution in [3.8, 4) is 17.2 Å². The summed E-state index contributed by atoms with van der Waals surface area (Å²) < 4.78 is 11.6. The van der Waals surface area contributed by atoms with Gasteiger partial charge in [0.25, 0.3) is 5.91 Å². The Morgan fingerprint density at radius 3 is 2.63 bits per heavy atom. The standard InChI is InChI=1S/C21H19N3O3/c1-26-18-8-4-6-16-13-24(21(25)14-9-10-19(22)23-11-14)12-15-5-2-3-7-17(15)27-20(16)18/h2-11H,12-13H2,1H3,(H2,22,23). The van der Waals surface area contributed by atoms with Gasteiger partial charge >= 0.3 is 0 Å². The van der Waals surface area contributed by atoms with Gasteiger partial charge < -0.3 is 20.1 Å². The Morgan fingerprint density at radius 1 is 1.07 bits per heavy atom. The number of ether oxygens (including phenoxy) is 2. The number of fused-ring (bicyclic) bond motifs is 2. The minimum Gasteiger partial charge on any atom is -0.493 e. The maximum Gasteiger partial charge on any atom is 0.256 e. The van der Waals surface area contributed by atoms with Gasteiger partial charge in [-0.1, -0.05) is 30.3 Å². The maximum atomic E-state index is 13.1. The monoisotopic (exact) mass is 361 g/mol. The average Bonchev–Trinajstić information content (AvgIpc) is 2.68. The van der Waals surface area contributed by atoms with Crippen molar-refractivity contribution in [2.45, 2.75) is 13.1 Å². The van der Waals surface area contributed by atoms with E-state index in [1.165, 1.54) is 6.20 Å². The Labute approximate surface area is 157 Å². The Bertz CT molecular complexity index is 986. The molecular weight excluding hydrogens is 342 g/mol. The van der Waals surface area contributed by atoms with E-state index in [0.29, 0.717) is 41.7 Å². The van der Waals surface area contributed by atoms with E-state index in [4.69, 9.17) is 15.2 Å². The lowest BCUT2D eigenvalue weighted by molar-refractivity contribution is 0.0724. The van der Waals surface area contributed by atoms with Crippen molar-refractivity contribution in [2.24, 2.45) is 0 Å². The lowest BCUT2D eigenvalue weighted by Gasteiger charge is -2.28. The van der Waals surface area contributed by atoms with Crippen LogP contribution in [0.3, 0.4) is 0 Å². The molecule has 0 radical (unpaired) electrons. The van der Waals surface area contributed by atoms with E-state index in [0.717, 1.165) is 11.1 Å². The number of para-hydroxylation sites is 2. The van der Waals surface area contributed by atoms with Crippen LogP contribution >= 0.6 is 0 Å². The summed E-state index contributed by atoms with van der Waals surface area (Å²) in [6, 6.07) is 16.7. The molecule has 1 aromatic heterocycles. The summed E-state index contributed by atoms with van der Waals surface area (Å²) >= 11 is 0. The van der Waals surface area contributed by atoms with Gasteiger partial charge in [0.1, 0.15) is 11.6 Å². The number of nitrogens with zero attached hydrogens (tertiary/aromatic N) is 2. The average molecular weight is 361 g/mol. The zero-order valence-corrected chi connectivity index (χ0v) is 14.9. The van der Waals surface area contributed by atoms with Gasteiger partial charge in [-0.25, -0.2) is 4.98 Å². The lowest BCUT2D eigenvalue weighted by atomic mass is 10.1. The Balaban J connectivity index is 1.79. The highest BCUT2D eigenvalue weighted by atomic mass is 16.5. The second-order valence-corrected chi connectivity index (χ2v) is 6.29. The van der Waals surface area contributed by atoms with Crippen LogP contribution in [0.4, 0.5) is 5.82 Å². The van der Waals surface area contributed by atoms with E-state index in [1.54, 1.807) is 24.1 Å². The molecule has 2 heterocycles. The quantitative estimate of drug-likeness (QED) is 0.754. The molecular formula is C21H19N3O3. The first-order valence-corrected chi connectivity index (χ1v) is 8.58. The summed E-state index contributed by atoms with van der Waals surface area (Å²) in [5.74, 6) is 2.23. The van der Waals surface area contributed by atoms with Crippen molar-refractivity contribution in [1.82, 2.24) is 9.88 Å². The van der Waals surface area contributed by atoms with Gasteiger partial charge in [0.05, 0.1) is 25.8 Å². The number of hydrogen-bond acceptors (Lipinski definition) is 5. The van der Waals surface area contributed by atoms with Gasteiger partial charge in [-0.2, -0.15) is 0 Å². The van der Waals surface area contributed by atoms with Crippen molar-refractivity contribution >= 4 is 11.7 Å². The molecule has 4 rings (SSSR count). The number of pyridine rings is 1. The zero-order valence-electron chi connectivity index (χ0n) is 14.9. The van der Waals surface area contributed by atoms with Gasteiger partial charge in [-0.15, -0.1) is 0 Å². The first kappa shape index (κ1) is 16.9. The predicted molar refractivity (Wildman–Crippen MR) is 102 cm³/mol. The van der Waals surface area contributed by atoms with E-state index in [2.05, 4.69) is 4.98 Å². The van der Waals surface area contributed by atoms with Crippen LogP contribution < -0.4 is 15.2 Å². The summed E-state index contributed by atoms with van der Waals surface area (Å²) in [7, 11) is 1.60. The normalized spacial score (nSPS) is 12.9. The van der Waals surface area contributed by atoms with Crippen LogP contribution in [-0.2, 0) is 13.1 Å². The number of aromatic nitrogens is 1. The van der Waals surface area contributed by atoms with E-state index in [1.807, 2.05) is 42.5 Å². The Kier molecular flexibility index (Phi) is 4.38. The molecule has 27 heavy (non-hydrogen) atoms. The molecule has 6 nitrogen and oxygen atoms in total. The molecule has 0 bridgehead atoms. The smallest absolute Gasteiger partial charge is 0.256 e. The molecule has 0 saturated carbocycles. The fourth-order valence-corrected chi connectivity index (χ4v) is 3.13. The molecule has 0 spiro atoms. The first-order valence-electron chi connectivity index (χ1n) is 8.58. The van der Waals surface area contributed by atoms with Crippen LogP contribution in [0.25, 0.3) is 0 Å². The summed E-state index contributed by atoms with van der Waals surface area (Å²) in [5.41, 5.74) is 7.93. The number of benzene rings is 2. The summed E-state index contributed by atoms with van der Waals surface area (Å²) in [6.45, 7) is 0.820. The highest BCUT2D eigenvalue weighted by molar-refractivity contribution is 5.94. The van der Waals surface area contributed by atoms with Gasteiger partial charge in [0.2, 0.25) is 0 Å². The van der Waals surface area contributed by atoms with Gasteiger partial charge in [0.15, 0.2) is 11.5 Å². The second kappa shape index (κ2) is 6.99. The van der Waals surface area contributed by atoms with Crippen LogP contribution in [0.5, 0.6) is 17.2 Å². The first-order chi connectivity index (χ1) is 13.2. The van der Waals surface area contributed by atoms with Crippen molar-refractivity contribution in [1.29, 1.82) is 0 Å². The predicted octanol–water partition coefficient (Wildman–Crippen LogP) is 3.62. The number of amides is 1. The molecule has 0 aliphatic carbocycles. The minimum absolute atomic E-state index is 0.118. The summed E-state index contributed by atoms with van der Waals surface area (Å²) in [4.78, 5) is 18.9. The van der Waals surface area contributed by atoms with Crippen molar-refractivity contribution in [3.05, 3.63) is 77.5 Å². The van der Waals surface area contributed by atoms with E-state index in [9.17, 15) is 4.79 Å². The fourth-order valence-electron chi connectivity index (χ4n) is 3.13. The minimum atomic E-state index is -0.118. The number of carbonyl (C=O) groups excluding carboxylic acids is 1. The molecule has 1 aliphatic rings. The third-order valence-electron chi connectivity index (χ3n) is 4.51. The fraction of sp³-hybridized carbons (Fsp3) is 0.143. The number of nitrogen functional groups attached to an aromatic ring is 1. The molecule has 0 unspecified atom stereocenters. The summed E-state index contributed by atoms with van der Waals surface area (Å²) in [6.07, 6.45) is 1.51. The number of rotatable bonds is 2. The van der Waals surface area contributed by atoms with Crippen LogP contribution in [-0.4, -0.2) is 22.9 Å². The number of anilines is 1. The maximum absolute atomic E-state index is 13.1. The topological polar surface area (TPSA) is 77.7 Å². The number of hydrogen-bond donors (Lipinski definition) is 1. The molecule has 1 amide bonds. The van der Waals surface area contributed by atoms with Crippen molar-refractivity contribution in [2.75, 3.05) is 12.8 Å². The highest BCUT2D eigenvalue weighted by Crippen LogP contribution is 2.39. The van der Waals surface area contributed by atoms with Gasteiger partial charge in [-0.05, 0) is 24.3 Å². The van der Waals surface area contributed by atoms with E-state index >= 15 is 0 Å². The molecule has 3 aromatic rings. The van der Waals surface area contributed by atoms with Crippen molar-refractivity contribution in [3.63, 3.8) is 0 Å². The molecule has 2 aromatic carbocycles. The Hall–Kier alpha value is -3.54. The van der Waals surface area contributed by atoms with E-state index < -0.39 is 0 Å².